The number of aliphatic hydroxyl groups excluding tert-OH is 1. The van der Waals surface area contributed by atoms with E-state index in [0.29, 0.717) is 23.3 Å². The van der Waals surface area contributed by atoms with E-state index in [1.165, 1.54) is 44.9 Å². The lowest BCUT2D eigenvalue weighted by atomic mass is 9.75. The summed E-state index contributed by atoms with van der Waals surface area (Å²) >= 11 is 1.07. The van der Waals surface area contributed by atoms with Gasteiger partial charge in [0.25, 0.3) is 0 Å². The van der Waals surface area contributed by atoms with Crippen molar-refractivity contribution in [3.05, 3.63) is 35.2 Å². The number of ether oxygens (including phenoxy) is 1. The molecule has 5 rings (SSSR count). The minimum atomic E-state index is -0.569. The molecule has 3 aliphatic rings. The molecule has 0 bridgehead atoms. The summed E-state index contributed by atoms with van der Waals surface area (Å²) in [7, 11) is 0. The van der Waals surface area contributed by atoms with Crippen LogP contribution in [0.4, 0.5) is 0 Å². The average molecular weight is 469 g/mol. The van der Waals surface area contributed by atoms with E-state index in [0.717, 1.165) is 48.9 Å². The number of aromatic amines is 1. The number of hydrogen-bond donors (Lipinski definition) is 2. The fourth-order valence-electron chi connectivity index (χ4n) is 5.82. The highest BCUT2D eigenvalue weighted by Crippen LogP contribution is 2.48. The van der Waals surface area contributed by atoms with Crippen LogP contribution in [-0.2, 0) is 9.53 Å². The molecule has 1 atom stereocenters. The molecule has 2 aromatic heterocycles. The van der Waals surface area contributed by atoms with Gasteiger partial charge in [-0.2, -0.15) is 0 Å². The van der Waals surface area contributed by atoms with Crippen molar-refractivity contribution >= 4 is 17.7 Å². The van der Waals surface area contributed by atoms with Gasteiger partial charge in [0.2, 0.25) is 5.16 Å². The Morgan fingerprint density at radius 2 is 1.82 bits per heavy atom. The summed E-state index contributed by atoms with van der Waals surface area (Å²) in [6.07, 6.45) is 16.7. The number of nitrogens with one attached hydrogen (secondary N) is 1. The molecule has 2 N–H and O–H groups in total. The highest BCUT2D eigenvalue weighted by molar-refractivity contribution is 8.03. The Kier molecular flexibility index (Phi) is 6.71. The van der Waals surface area contributed by atoms with Crippen molar-refractivity contribution in [2.75, 3.05) is 0 Å². The van der Waals surface area contributed by atoms with Crippen LogP contribution in [0.1, 0.15) is 77.0 Å². The van der Waals surface area contributed by atoms with Gasteiger partial charge in [0.15, 0.2) is 5.82 Å². The Morgan fingerprint density at radius 3 is 2.55 bits per heavy atom. The third-order valence-electron chi connectivity index (χ3n) is 7.62. The monoisotopic (exact) mass is 468 g/mol. The second-order valence-electron chi connectivity index (χ2n) is 9.74. The van der Waals surface area contributed by atoms with Crippen LogP contribution in [0, 0.1) is 11.8 Å². The van der Waals surface area contributed by atoms with Crippen LogP contribution in [0.2, 0.25) is 0 Å². The standard InChI is InChI=1S/C25H32N4O3S/c30-20-16-25(19-8-4-5-9-19,13-10-17-6-2-1-3-7-17)32-23(31)21(20)33-24-27-22(28-29-24)18-11-14-26-15-12-18/h11-12,14-15,17,19,30H,1-10,13,16H2,(H,27,28,29). The normalized spacial score (nSPS) is 24.9. The summed E-state index contributed by atoms with van der Waals surface area (Å²) in [5, 5.41) is 18.5. The third-order valence-corrected chi connectivity index (χ3v) is 8.59. The Morgan fingerprint density at radius 1 is 1.09 bits per heavy atom. The number of rotatable bonds is 7. The first kappa shape index (κ1) is 22.4. The van der Waals surface area contributed by atoms with Crippen molar-refractivity contribution in [1.29, 1.82) is 0 Å². The van der Waals surface area contributed by atoms with Gasteiger partial charge in [0, 0.05) is 24.4 Å². The number of H-pyrrole nitrogens is 1. The second-order valence-corrected chi connectivity index (χ2v) is 10.7. The van der Waals surface area contributed by atoms with Crippen molar-refractivity contribution in [2.45, 2.75) is 87.8 Å². The van der Waals surface area contributed by atoms with Crippen molar-refractivity contribution in [3.8, 4) is 11.4 Å². The smallest absolute Gasteiger partial charge is 0.349 e. The summed E-state index contributed by atoms with van der Waals surface area (Å²) in [5.74, 6) is 1.34. The first-order chi connectivity index (χ1) is 16.1. The van der Waals surface area contributed by atoms with E-state index < -0.39 is 11.6 Å². The van der Waals surface area contributed by atoms with Gasteiger partial charge in [0.1, 0.15) is 16.3 Å². The van der Waals surface area contributed by atoms with Crippen LogP contribution in [0.15, 0.2) is 40.3 Å². The number of carbonyl (C=O) groups is 1. The summed E-state index contributed by atoms with van der Waals surface area (Å²) in [6.45, 7) is 0. The number of pyridine rings is 1. The summed E-state index contributed by atoms with van der Waals surface area (Å²) in [4.78, 5) is 21.9. The molecule has 1 unspecified atom stereocenters. The minimum absolute atomic E-state index is 0.127. The maximum Gasteiger partial charge on any atom is 0.349 e. The van der Waals surface area contributed by atoms with Crippen LogP contribution in [0.3, 0.4) is 0 Å². The molecule has 1 aliphatic heterocycles. The molecule has 0 saturated heterocycles. The molecule has 7 nitrogen and oxygen atoms in total. The first-order valence-electron chi connectivity index (χ1n) is 12.3. The molecule has 2 aromatic rings. The van der Waals surface area contributed by atoms with Crippen LogP contribution in [0.25, 0.3) is 11.4 Å². The number of carbonyl (C=O) groups excluding carboxylic acids is 1. The third kappa shape index (κ3) is 4.95. The van der Waals surface area contributed by atoms with E-state index in [1.54, 1.807) is 12.4 Å². The van der Waals surface area contributed by atoms with Crippen molar-refractivity contribution in [2.24, 2.45) is 11.8 Å². The maximum absolute atomic E-state index is 13.2. The number of hydrogen-bond acceptors (Lipinski definition) is 7. The first-order valence-corrected chi connectivity index (χ1v) is 13.1. The van der Waals surface area contributed by atoms with Gasteiger partial charge in [-0.05, 0) is 61.4 Å². The van der Waals surface area contributed by atoms with Gasteiger partial charge in [-0.15, -0.1) is 5.10 Å². The average Bonchev–Trinajstić information content (AvgIpc) is 3.54. The predicted molar refractivity (Wildman–Crippen MR) is 126 cm³/mol. The largest absolute Gasteiger partial charge is 0.511 e. The highest BCUT2D eigenvalue weighted by atomic mass is 32.2. The molecular weight excluding hydrogens is 436 g/mol. The van der Waals surface area contributed by atoms with Crippen molar-refractivity contribution in [1.82, 2.24) is 20.2 Å². The fourth-order valence-corrected chi connectivity index (χ4v) is 6.54. The molecule has 33 heavy (non-hydrogen) atoms. The Balaban J connectivity index is 1.33. The van der Waals surface area contributed by atoms with Crippen molar-refractivity contribution in [3.63, 3.8) is 0 Å². The van der Waals surface area contributed by atoms with Gasteiger partial charge < -0.3 is 9.84 Å². The van der Waals surface area contributed by atoms with E-state index >= 15 is 0 Å². The van der Waals surface area contributed by atoms with Crippen LogP contribution < -0.4 is 0 Å². The molecule has 3 heterocycles. The van der Waals surface area contributed by atoms with Crippen LogP contribution in [-0.4, -0.2) is 36.8 Å². The second kappa shape index (κ2) is 9.87. The van der Waals surface area contributed by atoms with E-state index in [2.05, 4.69) is 20.2 Å². The van der Waals surface area contributed by atoms with E-state index in [-0.39, 0.29) is 10.7 Å². The molecular formula is C25H32N4O3S. The maximum atomic E-state index is 13.2. The number of aromatic nitrogens is 4. The minimum Gasteiger partial charge on any atom is -0.511 e. The summed E-state index contributed by atoms with van der Waals surface area (Å²) in [5.41, 5.74) is 0.289. The SMILES string of the molecule is O=C1OC(CCC2CCCCC2)(C2CCCC2)CC(O)=C1Sc1n[nH]c(-c2ccncc2)n1. The van der Waals surface area contributed by atoms with Crippen LogP contribution >= 0.6 is 11.8 Å². The predicted octanol–water partition coefficient (Wildman–Crippen LogP) is 5.96. The number of esters is 1. The Labute approximate surface area is 198 Å². The molecule has 176 valence electrons. The molecule has 8 heteroatoms. The lowest BCUT2D eigenvalue weighted by Gasteiger charge is -2.42. The summed E-state index contributed by atoms with van der Waals surface area (Å²) in [6, 6.07) is 3.67. The Bertz CT molecular complexity index is 996. The lowest BCUT2D eigenvalue weighted by molar-refractivity contribution is -0.166. The molecule has 0 radical (unpaired) electrons. The van der Waals surface area contributed by atoms with E-state index in [9.17, 15) is 9.90 Å². The van der Waals surface area contributed by atoms with E-state index in [4.69, 9.17) is 4.74 Å². The van der Waals surface area contributed by atoms with Gasteiger partial charge in [-0.3, -0.25) is 10.1 Å². The molecule has 0 aromatic carbocycles. The van der Waals surface area contributed by atoms with Gasteiger partial charge >= 0.3 is 5.97 Å². The van der Waals surface area contributed by atoms with Crippen molar-refractivity contribution < 1.29 is 14.6 Å². The quantitative estimate of drug-likeness (QED) is 0.483. The molecule has 0 amide bonds. The highest BCUT2D eigenvalue weighted by Gasteiger charge is 2.48. The zero-order valence-corrected chi connectivity index (χ0v) is 19.8. The number of nitrogens with zero attached hydrogens (tertiary/aromatic N) is 3. The summed E-state index contributed by atoms with van der Waals surface area (Å²) < 4.78 is 6.24. The van der Waals surface area contributed by atoms with E-state index in [1.807, 2.05) is 12.1 Å². The Hall–Kier alpha value is -2.35. The topological polar surface area (TPSA) is 101 Å². The molecule has 2 aliphatic carbocycles. The van der Waals surface area contributed by atoms with Gasteiger partial charge in [0.05, 0.1) is 0 Å². The molecule has 2 saturated carbocycles. The van der Waals surface area contributed by atoms with Gasteiger partial charge in [-0.1, -0.05) is 44.9 Å². The number of thioether (sulfide) groups is 1. The lowest BCUT2D eigenvalue weighted by Crippen LogP contribution is -2.45. The van der Waals surface area contributed by atoms with Gasteiger partial charge in [-0.25, -0.2) is 9.78 Å². The van der Waals surface area contributed by atoms with Crippen LogP contribution in [0.5, 0.6) is 0 Å². The fraction of sp³-hybridized carbons (Fsp3) is 0.600. The number of aliphatic hydroxyl groups is 1. The zero-order chi connectivity index (χ0) is 22.7. The zero-order valence-electron chi connectivity index (χ0n) is 19.0. The number of cyclic esters (lactones) is 1. The molecule has 2 fully saturated rings. The molecule has 0 spiro atoms.